The first-order valence-electron chi connectivity index (χ1n) is 4.74. The van der Waals surface area contributed by atoms with Crippen LogP contribution in [0.4, 0.5) is 0 Å². The highest BCUT2D eigenvalue weighted by molar-refractivity contribution is 6.21. The Kier molecular flexibility index (Phi) is 2.67. The molecule has 0 spiro atoms. The van der Waals surface area contributed by atoms with Crippen molar-refractivity contribution >= 4 is 11.8 Å². The van der Waals surface area contributed by atoms with Crippen LogP contribution < -0.4 is 0 Å². The lowest BCUT2D eigenvalue weighted by molar-refractivity contribution is 0.0426. The quantitative estimate of drug-likeness (QED) is 0.642. The number of imide groups is 1. The molecule has 0 saturated carbocycles. The van der Waals surface area contributed by atoms with Gasteiger partial charge in [0, 0.05) is 12.4 Å². The van der Waals surface area contributed by atoms with E-state index in [9.17, 15) is 14.7 Å². The van der Waals surface area contributed by atoms with Gasteiger partial charge in [-0.15, -0.1) is 0 Å². The Balaban J connectivity index is 2.28. The van der Waals surface area contributed by atoms with Gasteiger partial charge in [0.25, 0.3) is 11.8 Å². The topological polar surface area (TPSA) is 90.7 Å². The largest absolute Gasteiger partial charge is 0.394 e. The molecule has 2 amide bonds. The molecule has 84 valence electrons. The predicted octanol–water partition coefficient (Wildman–Crippen LogP) is -0.969. The van der Waals surface area contributed by atoms with Crippen molar-refractivity contribution in [3.05, 3.63) is 29.6 Å². The SMILES string of the molecule is O=C1c2ccncc2C(=O)N1CC(O)CO. The van der Waals surface area contributed by atoms with E-state index in [0.717, 1.165) is 4.90 Å². The lowest BCUT2D eigenvalue weighted by atomic mass is 10.2. The zero-order valence-corrected chi connectivity index (χ0v) is 8.33. The fourth-order valence-corrected chi connectivity index (χ4v) is 1.57. The molecule has 2 rings (SSSR count). The van der Waals surface area contributed by atoms with E-state index in [-0.39, 0.29) is 17.7 Å². The van der Waals surface area contributed by atoms with E-state index in [0.29, 0.717) is 0 Å². The molecule has 1 aliphatic rings. The van der Waals surface area contributed by atoms with Crippen molar-refractivity contribution in [2.75, 3.05) is 13.2 Å². The minimum atomic E-state index is -1.12. The third kappa shape index (κ3) is 1.58. The molecule has 0 aromatic carbocycles. The van der Waals surface area contributed by atoms with Crippen molar-refractivity contribution in [1.82, 2.24) is 9.88 Å². The summed E-state index contributed by atoms with van der Waals surface area (Å²) in [6.45, 7) is -0.700. The maximum absolute atomic E-state index is 11.7. The van der Waals surface area contributed by atoms with E-state index in [4.69, 9.17) is 5.11 Å². The summed E-state index contributed by atoms with van der Waals surface area (Å²) in [5.41, 5.74) is 0.516. The number of aliphatic hydroxyl groups is 2. The molecule has 16 heavy (non-hydrogen) atoms. The number of carbonyl (C=O) groups is 2. The van der Waals surface area contributed by atoms with Crippen molar-refractivity contribution in [1.29, 1.82) is 0 Å². The second-order valence-electron chi connectivity index (χ2n) is 3.48. The van der Waals surface area contributed by atoms with E-state index in [1.165, 1.54) is 18.5 Å². The number of fused-ring (bicyclic) bond motifs is 1. The highest BCUT2D eigenvalue weighted by atomic mass is 16.3. The fourth-order valence-electron chi connectivity index (χ4n) is 1.57. The molecule has 6 nitrogen and oxygen atoms in total. The second kappa shape index (κ2) is 3.99. The molecule has 1 aromatic rings. The number of carbonyl (C=O) groups excluding carboxylic acids is 2. The summed E-state index contributed by atoms with van der Waals surface area (Å²) >= 11 is 0. The van der Waals surface area contributed by atoms with Gasteiger partial charge in [-0.05, 0) is 6.07 Å². The smallest absolute Gasteiger partial charge is 0.263 e. The highest BCUT2D eigenvalue weighted by Crippen LogP contribution is 2.21. The molecule has 1 unspecified atom stereocenters. The Bertz CT molecular complexity index is 411. The van der Waals surface area contributed by atoms with Gasteiger partial charge in [-0.1, -0.05) is 0 Å². The summed E-state index contributed by atoms with van der Waals surface area (Å²) in [4.78, 5) is 28.1. The number of hydrogen-bond donors (Lipinski definition) is 2. The van der Waals surface area contributed by atoms with E-state index in [2.05, 4.69) is 4.98 Å². The van der Waals surface area contributed by atoms with Crippen molar-refractivity contribution in [2.24, 2.45) is 0 Å². The Morgan fingerprint density at radius 3 is 2.62 bits per heavy atom. The van der Waals surface area contributed by atoms with Crippen molar-refractivity contribution < 1.29 is 19.8 Å². The number of nitrogens with zero attached hydrogens (tertiary/aromatic N) is 2. The van der Waals surface area contributed by atoms with Gasteiger partial charge >= 0.3 is 0 Å². The average molecular weight is 222 g/mol. The van der Waals surface area contributed by atoms with Gasteiger partial charge in [-0.3, -0.25) is 19.5 Å². The Morgan fingerprint density at radius 2 is 2.00 bits per heavy atom. The monoisotopic (exact) mass is 222 g/mol. The number of pyridine rings is 1. The average Bonchev–Trinajstić information content (AvgIpc) is 2.55. The van der Waals surface area contributed by atoms with E-state index < -0.39 is 24.5 Å². The van der Waals surface area contributed by atoms with E-state index in [1.54, 1.807) is 0 Å². The van der Waals surface area contributed by atoms with Gasteiger partial charge in [0.05, 0.1) is 30.4 Å². The maximum atomic E-state index is 11.7. The third-order valence-electron chi connectivity index (χ3n) is 2.38. The number of β-amino-alcohol motifs (C(OH)–C–C–N with tert-alkyl or cyclic N) is 1. The number of aliphatic hydroxyl groups excluding tert-OH is 2. The number of amides is 2. The van der Waals surface area contributed by atoms with Crippen molar-refractivity contribution in [3.8, 4) is 0 Å². The molecule has 6 heteroatoms. The minimum Gasteiger partial charge on any atom is -0.394 e. The van der Waals surface area contributed by atoms with E-state index >= 15 is 0 Å². The van der Waals surface area contributed by atoms with Crippen molar-refractivity contribution in [3.63, 3.8) is 0 Å². The number of rotatable bonds is 3. The van der Waals surface area contributed by atoms with Crippen LogP contribution in [0.2, 0.25) is 0 Å². The van der Waals surface area contributed by atoms with Crippen LogP contribution >= 0.6 is 0 Å². The summed E-state index contributed by atoms with van der Waals surface area (Å²) in [6, 6.07) is 1.46. The first-order chi connectivity index (χ1) is 7.65. The first kappa shape index (κ1) is 10.7. The van der Waals surface area contributed by atoms with Crippen LogP contribution in [0.5, 0.6) is 0 Å². The molecule has 2 N–H and O–H groups in total. The standard InChI is InChI=1S/C10H10N2O4/c13-5-6(14)4-12-9(15)7-1-2-11-3-8(7)10(12)16/h1-3,6,13-14H,4-5H2. The Labute approximate surface area is 91.1 Å². The molecule has 1 aromatic heterocycles. The molecule has 0 aliphatic carbocycles. The summed E-state index contributed by atoms with van der Waals surface area (Å²) in [7, 11) is 0. The second-order valence-corrected chi connectivity index (χ2v) is 3.48. The fraction of sp³-hybridized carbons (Fsp3) is 0.300. The van der Waals surface area contributed by atoms with Crippen LogP contribution in [0.25, 0.3) is 0 Å². The van der Waals surface area contributed by atoms with Gasteiger partial charge in [0.2, 0.25) is 0 Å². The Hall–Kier alpha value is -1.79. The molecule has 0 bridgehead atoms. The third-order valence-corrected chi connectivity index (χ3v) is 2.38. The molecule has 1 aliphatic heterocycles. The van der Waals surface area contributed by atoms with Gasteiger partial charge in [-0.2, -0.15) is 0 Å². The molecule has 0 saturated heterocycles. The van der Waals surface area contributed by atoms with Crippen LogP contribution in [0.3, 0.4) is 0 Å². The lowest BCUT2D eigenvalue weighted by Gasteiger charge is -2.16. The molecule has 0 fully saturated rings. The molecule has 1 atom stereocenters. The lowest BCUT2D eigenvalue weighted by Crippen LogP contribution is -2.38. The van der Waals surface area contributed by atoms with Crippen LogP contribution in [-0.2, 0) is 0 Å². The highest BCUT2D eigenvalue weighted by Gasteiger charge is 2.36. The molecule has 0 radical (unpaired) electrons. The molecule has 2 heterocycles. The minimum absolute atomic E-state index is 0.206. The van der Waals surface area contributed by atoms with Crippen LogP contribution in [0.15, 0.2) is 18.5 Å². The summed E-state index contributed by atoms with van der Waals surface area (Å²) < 4.78 is 0. The van der Waals surface area contributed by atoms with Gasteiger partial charge in [0.15, 0.2) is 0 Å². The normalized spacial score (nSPS) is 16.5. The summed E-state index contributed by atoms with van der Waals surface area (Å²) in [6.07, 6.45) is 1.63. The number of hydrogen-bond acceptors (Lipinski definition) is 5. The zero-order valence-electron chi connectivity index (χ0n) is 8.33. The maximum Gasteiger partial charge on any atom is 0.263 e. The molecular weight excluding hydrogens is 212 g/mol. The van der Waals surface area contributed by atoms with Gasteiger partial charge in [0.1, 0.15) is 0 Å². The number of aromatic nitrogens is 1. The summed E-state index contributed by atoms with van der Waals surface area (Å²) in [5, 5.41) is 17.9. The van der Waals surface area contributed by atoms with Crippen LogP contribution in [0.1, 0.15) is 20.7 Å². The molecular formula is C10H10N2O4. The summed E-state index contributed by atoms with van der Waals surface area (Å²) in [5.74, 6) is -0.949. The zero-order chi connectivity index (χ0) is 11.7. The van der Waals surface area contributed by atoms with Crippen LogP contribution in [-0.4, -0.2) is 51.2 Å². The Morgan fingerprint density at radius 1 is 1.31 bits per heavy atom. The first-order valence-corrected chi connectivity index (χ1v) is 4.74. The van der Waals surface area contributed by atoms with E-state index in [1.807, 2.05) is 0 Å². The van der Waals surface area contributed by atoms with Crippen LogP contribution in [0, 0.1) is 0 Å². The van der Waals surface area contributed by atoms with Gasteiger partial charge < -0.3 is 10.2 Å². The van der Waals surface area contributed by atoms with Gasteiger partial charge in [-0.25, -0.2) is 0 Å². The van der Waals surface area contributed by atoms with Crippen molar-refractivity contribution in [2.45, 2.75) is 6.10 Å². The predicted molar refractivity (Wildman–Crippen MR) is 52.7 cm³/mol.